The van der Waals surface area contributed by atoms with E-state index in [0.717, 1.165) is 38.5 Å². The number of rotatable bonds is 33. The second kappa shape index (κ2) is 26.9. The Morgan fingerprint density at radius 3 is 1.49 bits per heavy atom. The Morgan fingerprint density at radius 1 is 0.511 bits per heavy atom. The summed E-state index contributed by atoms with van der Waals surface area (Å²) in [5.74, 6) is 0.381. The summed E-state index contributed by atoms with van der Waals surface area (Å²) < 4.78 is 11.9. The molecule has 4 atom stereocenters. The van der Waals surface area contributed by atoms with E-state index in [1.807, 2.05) is 4.90 Å². The van der Waals surface area contributed by atoms with E-state index < -0.39 is 0 Å². The van der Waals surface area contributed by atoms with Gasteiger partial charge in [-0.3, -0.25) is 9.59 Å². The molecular weight excluding hydrogens is 560 g/mol. The van der Waals surface area contributed by atoms with Crippen molar-refractivity contribution in [2.45, 2.75) is 225 Å². The van der Waals surface area contributed by atoms with Gasteiger partial charge in [0.15, 0.2) is 6.23 Å². The quantitative estimate of drug-likeness (QED) is 0.0576. The predicted molar refractivity (Wildman–Crippen MR) is 188 cm³/mol. The Bertz CT molecular complexity index is 732. The van der Waals surface area contributed by atoms with Crippen LogP contribution in [0.25, 0.3) is 0 Å². The summed E-state index contributed by atoms with van der Waals surface area (Å²) in [4.78, 5) is 27.5. The Kier molecular flexibility index (Phi) is 23.9. The maximum absolute atomic E-state index is 13.1. The van der Waals surface area contributed by atoms with Gasteiger partial charge in [0.05, 0.1) is 12.2 Å². The molecule has 2 saturated heterocycles. The average molecular weight is 635 g/mol. The fourth-order valence-corrected chi connectivity index (χ4v) is 6.70. The van der Waals surface area contributed by atoms with E-state index in [9.17, 15) is 9.59 Å². The van der Waals surface area contributed by atoms with Crippen LogP contribution in [-0.4, -0.2) is 54.3 Å². The zero-order chi connectivity index (χ0) is 32.4. The highest BCUT2D eigenvalue weighted by atomic mass is 16.6. The highest BCUT2D eigenvalue weighted by molar-refractivity contribution is 5.77. The Labute approximate surface area is 278 Å². The molecule has 1 N–H and O–H groups in total. The first-order chi connectivity index (χ1) is 22.1. The fraction of sp³-hybridized carbons (Fsp3) is 0.949. The molecule has 2 rings (SSSR count). The van der Waals surface area contributed by atoms with Crippen LogP contribution >= 0.6 is 0 Å². The first kappa shape index (κ1) is 40.0. The van der Waals surface area contributed by atoms with Crippen LogP contribution in [0.3, 0.4) is 0 Å². The number of hydrogen-bond acceptors (Lipinski definition) is 4. The third kappa shape index (κ3) is 20.7. The molecule has 0 aromatic carbocycles. The number of epoxide rings is 2. The van der Waals surface area contributed by atoms with Crippen molar-refractivity contribution in [1.82, 2.24) is 10.2 Å². The maximum atomic E-state index is 13.1. The fourth-order valence-electron chi connectivity index (χ4n) is 6.70. The number of nitrogens with zero attached hydrogens (tertiary/aromatic N) is 1. The van der Waals surface area contributed by atoms with Crippen LogP contribution in [0.1, 0.15) is 201 Å². The van der Waals surface area contributed by atoms with E-state index in [1.165, 1.54) is 128 Å². The smallest absolute Gasteiger partial charge is 0.224 e. The third-order valence-corrected chi connectivity index (χ3v) is 9.84. The molecule has 0 radical (unpaired) electrons. The van der Waals surface area contributed by atoms with Crippen molar-refractivity contribution in [2.24, 2.45) is 0 Å². The minimum Gasteiger partial charge on any atom is -0.370 e. The van der Waals surface area contributed by atoms with Crippen LogP contribution in [0.4, 0.5) is 0 Å². The number of carbonyl (C=O) groups excluding carboxylic acids is 2. The summed E-state index contributed by atoms with van der Waals surface area (Å²) in [5.41, 5.74) is 0. The van der Waals surface area contributed by atoms with Crippen LogP contribution in [0.2, 0.25) is 0 Å². The summed E-state index contributed by atoms with van der Waals surface area (Å²) >= 11 is 0. The van der Waals surface area contributed by atoms with Crippen LogP contribution in [0.5, 0.6) is 0 Å². The lowest BCUT2D eigenvalue weighted by Gasteiger charge is -2.21. The summed E-state index contributed by atoms with van der Waals surface area (Å²) in [7, 11) is 0. The SMILES string of the molecule is CCCCCCCC[C@H]1O[C@H]1CCCCCCCC(=O)NCCCN(C(=O)CCCCCCC)[C@H]1O[C@@H]1CCCCCCCC. The van der Waals surface area contributed by atoms with Gasteiger partial charge in [0.25, 0.3) is 0 Å². The van der Waals surface area contributed by atoms with Gasteiger partial charge in [0.2, 0.25) is 11.8 Å². The summed E-state index contributed by atoms with van der Waals surface area (Å²) in [5, 5.41) is 3.10. The molecule has 2 fully saturated rings. The number of ether oxygens (including phenoxy) is 2. The third-order valence-electron chi connectivity index (χ3n) is 9.84. The van der Waals surface area contributed by atoms with Gasteiger partial charge in [0, 0.05) is 25.9 Å². The minimum atomic E-state index is -0.0443. The largest absolute Gasteiger partial charge is 0.370 e. The van der Waals surface area contributed by atoms with Gasteiger partial charge in [-0.2, -0.15) is 0 Å². The normalized spacial score (nSPS) is 20.3. The molecule has 45 heavy (non-hydrogen) atoms. The molecule has 0 spiro atoms. The van der Waals surface area contributed by atoms with Gasteiger partial charge >= 0.3 is 0 Å². The summed E-state index contributed by atoms with van der Waals surface area (Å²) in [6, 6.07) is 0. The second-order valence-corrected chi connectivity index (χ2v) is 14.2. The summed E-state index contributed by atoms with van der Waals surface area (Å²) in [6.45, 7) is 8.06. The molecule has 2 heterocycles. The monoisotopic (exact) mass is 635 g/mol. The minimum absolute atomic E-state index is 0.0443. The molecule has 264 valence electrons. The molecule has 0 saturated carbocycles. The van der Waals surface area contributed by atoms with Crippen LogP contribution in [0.15, 0.2) is 0 Å². The first-order valence-corrected chi connectivity index (χ1v) is 20.0. The molecule has 0 aliphatic carbocycles. The highest BCUT2D eigenvalue weighted by Crippen LogP contribution is 2.33. The van der Waals surface area contributed by atoms with Crippen molar-refractivity contribution in [3.05, 3.63) is 0 Å². The van der Waals surface area contributed by atoms with Gasteiger partial charge in [-0.05, 0) is 38.5 Å². The van der Waals surface area contributed by atoms with Gasteiger partial charge in [-0.15, -0.1) is 0 Å². The van der Waals surface area contributed by atoms with Gasteiger partial charge < -0.3 is 19.7 Å². The molecule has 6 heteroatoms. The zero-order valence-corrected chi connectivity index (χ0v) is 30.1. The van der Waals surface area contributed by atoms with Crippen molar-refractivity contribution in [1.29, 1.82) is 0 Å². The van der Waals surface area contributed by atoms with Crippen molar-refractivity contribution in [2.75, 3.05) is 13.1 Å². The molecule has 0 aromatic rings. The summed E-state index contributed by atoms with van der Waals surface area (Å²) in [6.07, 6.45) is 34.2. The molecular formula is C39H74N2O4. The van der Waals surface area contributed by atoms with Gasteiger partial charge in [0.1, 0.15) is 6.10 Å². The molecule has 0 bridgehead atoms. The molecule has 0 aromatic heterocycles. The van der Waals surface area contributed by atoms with E-state index in [0.29, 0.717) is 38.1 Å². The Balaban J connectivity index is 1.49. The predicted octanol–water partition coefficient (Wildman–Crippen LogP) is 10.4. The van der Waals surface area contributed by atoms with Crippen molar-refractivity contribution < 1.29 is 19.1 Å². The first-order valence-electron chi connectivity index (χ1n) is 20.0. The van der Waals surface area contributed by atoms with Crippen LogP contribution in [-0.2, 0) is 19.1 Å². The Hall–Kier alpha value is -1.14. The van der Waals surface area contributed by atoms with E-state index in [2.05, 4.69) is 26.1 Å². The van der Waals surface area contributed by atoms with Crippen LogP contribution < -0.4 is 5.32 Å². The molecule has 2 amide bonds. The van der Waals surface area contributed by atoms with Crippen LogP contribution in [0, 0.1) is 0 Å². The lowest BCUT2D eigenvalue weighted by Crippen LogP contribution is -2.37. The van der Waals surface area contributed by atoms with E-state index in [4.69, 9.17) is 9.47 Å². The van der Waals surface area contributed by atoms with E-state index in [1.54, 1.807) is 0 Å². The van der Waals surface area contributed by atoms with E-state index in [-0.39, 0.29) is 24.1 Å². The zero-order valence-electron chi connectivity index (χ0n) is 30.1. The standard InChI is InChI=1S/C39H74N2O4/c1-4-7-10-13-17-21-27-34-35(44-34)28-22-19-15-20-24-30-37(42)40-32-26-33-41(38(43)31-25-16-12-9-6-3)39-36(45-39)29-23-18-14-11-8-5-2/h34-36,39H,4-33H2,1-3H3,(H,40,42)/t34-,35+,36-,39+/m1/s1. The van der Waals surface area contributed by atoms with Gasteiger partial charge in [-0.1, -0.05) is 149 Å². The number of hydrogen-bond donors (Lipinski definition) is 1. The number of nitrogens with one attached hydrogen (secondary N) is 1. The number of amides is 2. The average Bonchev–Trinajstić information content (AvgIpc) is 3.97. The lowest BCUT2D eigenvalue weighted by molar-refractivity contribution is -0.133. The molecule has 0 unspecified atom stereocenters. The second-order valence-electron chi connectivity index (χ2n) is 14.2. The number of unbranched alkanes of at least 4 members (excludes halogenated alkanes) is 18. The molecule has 2 aliphatic rings. The molecule has 2 aliphatic heterocycles. The van der Waals surface area contributed by atoms with Crippen molar-refractivity contribution >= 4 is 11.8 Å². The maximum Gasteiger partial charge on any atom is 0.224 e. The topological polar surface area (TPSA) is 74.5 Å². The van der Waals surface area contributed by atoms with Gasteiger partial charge in [-0.25, -0.2) is 0 Å². The molecule has 6 nitrogen and oxygen atoms in total. The van der Waals surface area contributed by atoms with Crippen molar-refractivity contribution in [3.8, 4) is 0 Å². The Morgan fingerprint density at radius 2 is 0.956 bits per heavy atom. The lowest BCUT2D eigenvalue weighted by atomic mass is 10.0. The number of carbonyl (C=O) groups is 2. The van der Waals surface area contributed by atoms with Crippen molar-refractivity contribution in [3.63, 3.8) is 0 Å². The highest BCUT2D eigenvalue weighted by Gasteiger charge is 2.44. The van der Waals surface area contributed by atoms with E-state index >= 15 is 0 Å².